The lowest BCUT2D eigenvalue weighted by Crippen LogP contribution is -2.40. The molecule has 0 spiro atoms. The van der Waals surface area contributed by atoms with Crippen molar-refractivity contribution in [1.29, 1.82) is 0 Å². The van der Waals surface area contributed by atoms with E-state index in [4.69, 9.17) is 11.6 Å². The Morgan fingerprint density at radius 3 is 2.41 bits per heavy atom. The van der Waals surface area contributed by atoms with Crippen LogP contribution in [0.25, 0.3) is 0 Å². The van der Waals surface area contributed by atoms with Gasteiger partial charge < -0.3 is 5.32 Å². The first kappa shape index (κ1) is 11.9. The van der Waals surface area contributed by atoms with Gasteiger partial charge in [0.2, 0.25) is 0 Å². The number of urea groups is 1. The zero-order chi connectivity index (χ0) is 12.8. The van der Waals surface area contributed by atoms with Crippen molar-refractivity contribution in [3.63, 3.8) is 0 Å². The quantitative estimate of drug-likeness (QED) is 0.781. The first-order valence-corrected chi connectivity index (χ1v) is 5.63. The van der Waals surface area contributed by atoms with E-state index in [1.54, 1.807) is 32.0 Å². The molecule has 5 heteroatoms. The molecule has 0 bridgehead atoms. The Morgan fingerprint density at radius 2 is 1.94 bits per heavy atom. The standard InChI is InChI=1S/C12H13ClN2O2/c1-7-4-5-8(6-9(7)13)15-10(16)12(2,3)14-11(15)17/h4-6H,1-3H3,(H,14,17). The first-order chi connectivity index (χ1) is 7.83. The van der Waals surface area contributed by atoms with Crippen molar-refractivity contribution in [2.24, 2.45) is 0 Å². The molecule has 1 heterocycles. The Hall–Kier alpha value is -1.55. The summed E-state index contributed by atoms with van der Waals surface area (Å²) in [6, 6.07) is 4.69. The molecule has 3 amide bonds. The summed E-state index contributed by atoms with van der Waals surface area (Å²) in [6.45, 7) is 5.20. The Labute approximate surface area is 105 Å². The summed E-state index contributed by atoms with van der Waals surface area (Å²) in [6.07, 6.45) is 0. The van der Waals surface area contributed by atoms with Gasteiger partial charge in [-0.1, -0.05) is 17.7 Å². The molecular weight excluding hydrogens is 240 g/mol. The van der Waals surface area contributed by atoms with Crippen LogP contribution in [-0.2, 0) is 4.79 Å². The van der Waals surface area contributed by atoms with Crippen LogP contribution in [0.4, 0.5) is 10.5 Å². The lowest BCUT2D eigenvalue weighted by atomic mass is 10.1. The van der Waals surface area contributed by atoms with Crippen molar-refractivity contribution >= 4 is 29.2 Å². The largest absolute Gasteiger partial charge is 0.329 e. The highest BCUT2D eigenvalue weighted by Crippen LogP contribution is 2.28. The number of halogens is 1. The van der Waals surface area contributed by atoms with Crippen LogP contribution in [0, 0.1) is 6.92 Å². The van der Waals surface area contributed by atoms with Crippen LogP contribution in [-0.4, -0.2) is 17.5 Å². The van der Waals surface area contributed by atoms with E-state index in [0.29, 0.717) is 10.7 Å². The fourth-order valence-corrected chi connectivity index (χ4v) is 1.88. The number of carbonyl (C=O) groups is 2. The molecule has 0 unspecified atom stereocenters. The second kappa shape index (κ2) is 3.74. The van der Waals surface area contributed by atoms with Crippen LogP contribution in [0.15, 0.2) is 18.2 Å². The second-order valence-electron chi connectivity index (χ2n) is 4.63. The van der Waals surface area contributed by atoms with Gasteiger partial charge in [-0.2, -0.15) is 0 Å². The third kappa shape index (κ3) is 1.89. The van der Waals surface area contributed by atoms with Crippen molar-refractivity contribution < 1.29 is 9.59 Å². The Balaban J connectivity index is 2.44. The van der Waals surface area contributed by atoms with Crippen molar-refractivity contribution in [3.8, 4) is 0 Å². The van der Waals surface area contributed by atoms with E-state index >= 15 is 0 Å². The molecular formula is C12H13ClN2O2. The normalized spacial score (nSPS) is 18.5. The Bertz CT molecular complexity index is 511. The molecule has 0 saturated carbocycles. The summed E-state index contributed by atoms with van der Waals surface area (Å²) in [5.41, 5.74) is 0.532. The summed E-state index contributed by atoms with van der Waals surface area (Å²) in [7, 11) is 0. The van der Waals surface area contributed by atoms with Crippen molar-refractivity contribution in [3.05, 3.63) is 28.8 Å². The van der Waals surface area contributed by atoms with Crippen molar-refractivity contribution in [1.82, 2.24) is 5.32 Å². The van der Waals surface area contributed by atoms with Gasteiger partial charge in [0.15, 0.2) is 0 Å². The predicted molar refractivity (Wildman–Crippen MR) is 66.3 cm³/mol. The minimum atomic E-state index is -0.867. The molecule has 1 aliphatic heterocycles. The number of hydrogen-bond donors (Lipinski definition) is 1. The molecule has 0 atom stereocenters. The number of carbonyl (C=O) groups excluding carboxylic acids is 2. The zero-order valence-corrected chi connectivity index (χ0v) is 10.6. The van der Waals surface area contributed by atoms with E-state index in [2.05, 4.69) is 5.32 Å². The smallest absolute Gasteiger partial charge is 0.323 e. The molecule has 1 aliphatic rings. The molecule has 1 aromatic carbocycles. The summed E-state index contributed by atoms with van der Waals surface area (Å²) in [5, 5.41) is 3.15. The topological polar surface area (TPSA) is 49.4 Å². The van der Waals surface area contributed by atoms with Gasteiger partial charge in [0.25, 0.3) is 5.91 Å². The first-order valence-electron chi connectivity index (χ1n) is 5.26. The Morgan fingerprint density at radius 1 is 1.29 bits per heavy atom. The van der Waals surface area contributed by atoms with Crippen LogP contribution in [0.3, 0.4) is 0 Å². The predicted octanol–water partition coefficient (Wildman–Crippen LogP) is 2.48. The third-order valence-corrected chi connectivity index (χ3v) is 3.18. The second-order valence-corrected chi connectivity index (χ2v) is 5.04. The number of benzene rings is 1. The SMILES string of the molecule is Cc1ccc(N2C(=O)NC(C)(C)C2=O)cc1Cl. The van der Waals surface area contributed by atoms with Gasteiger partial charge in [-0.3, -0.25) is 4.79 Å². The number of anilines is 1. The lowest BCUT2D eigenvalue weighted by Gasteiger charge is -2.16. The van der Waals surface area contributed by atoms with Gasteiger partial charge in [-0.05, 0) is 38.5 Å². The lowest BCUT2D eigenvalue weighted by molar-refractivity contribution is -0.120. The maximum absolute atomic E-state index is 12.0. The van der Waals surface area contributed by atoms with Crippen LogP contribution < -0.4 is 10.2 Å². The minimum absolute atomic E-state index is 0.276. The van der Waals surface area contributed by atoms with E-state index in [-0.39, 0.29) is 5.91 Å². The summed E-state index contributed by atoms with van der Waals surface area (Å²) in [4.78, 5) is 24.9. The van der Waals surface area contributed by atoms with Crippen molar-refractivity contribution in [2.75, 3.05) is 4.90 Å². The summed E-state index contributed by atoms with van der Waals surface area (Å²) >= 11 is 5.99. The van der Waals surface area contributed by atoms with Crippen LogP contribution >= 0.6 is 11.6 Å². The number of aryl methyl sites for hydroxylation is 1. The molecule has 2 rings (SSSR count). The van der Waals surface area contributed by atoms with E-state index in [0.717, 1.165) is 10.5 Å². The highest BCUT2D eigenvalue weighted by Gasteiger charge is 2.45. The van der Waals surface area contributed by atoms with Crippen molar-refractivity contribution in [2.45, 2.75) is 26.3 Å². The van der Waals surface area contributed by atoms with Gasteiger partial charge >= 0.3 is 6.03 Å². The highest BCUT2D eigenvalue weighted by molar-refractivity contribution is 6.32. The minimum Gasteiger partial charge on any atom is -0.323 e. The molecule has 17 heavy (non-hydrogen) atoms. The third-order valence-electron chi connectivity index (χ3n) is 2.77. The molecule has 1 fully saturated rings. The molecule has 0 aromatic heterocycles. The van der Waals surface area contributed by atoms with E-state index in [1.807, 2.05) is 6.92 Å². The van der Waals surface area contributed by atoms with E-state index in [1.165, 1.54) is 0 Å². The maximum Gasteiger partial charge on any atom is 0.329 e. The molecule has 1 aromatic rings. The summed E-state index contributed by atoms with van der Waals surface area (Å²) < 4.78 is 0. The number of nitrogens with zero attached hydrogens (tertiary/aromatic N) is 1. The van der Waals surface area contributed by atoms with E-state index in [9.17, 15) is 9.59 Å². The highest BCUT2D eigenvalue weighted by atomic mass is 35.5. The van der Waals surface area contributed by atoms with Crippen LogP contribution in [0.1, 0.15) is 19.4 Å². The average molecular weight is 253 g/mol. The molecule has 1 saturated heterocycles. The number of hydrogen-bond acceptors (Lipinski definition) is 2. The maximum atomic E-state index is 12.0. The fourth-order valence-electron chi connectivity index (χ4n) is 1.70. The number of rotatable bonds is 1. The number of nitrogens with one attached hydrogen (secondary N) is 1. The molecule has 0 radical (unpaired) electrons. The van der Waals surface area contributed by atoms with Gasteiger partial charge in [0, 0.05) is 5.02 Å². The zero-order valence-electron chi connectivity index (χ0n) is 9.87. The molecule has 4 nitrogen and oxygen atoms in total. The van der Waals surface area contributed by atoms with Crippen LogP contribution in [0.2, 0.25) is 5.02 Å². The number of amides is 3. The molecule has 1 N–H and O–H groups in total. The van der Waals surface area contributed by atoms with Crippen LogP contribution in [0.5, 0.6) is 0 Å². The Kier molecular flexibility index (Phi) is 2.62. The molecule has 90 valence electrons. The molecule has 0 aliphatic carbocycles. The average Bonchev–Trinajstić information content (AvgIpc) is 2.42. The van der Waals surface area contributed by atoms with Gasteiger partial charge in [-0.25, -0.2) is 9.69 Å². The van der Waals surface area contributed by atoms with Gasteiger partial charge in [0.1, 0.15) is 5.54 Å². The number of imide groups is 1. The van der Waals surface area contributed by atoms with Gasteiger partial charge in [0.05, 0.1) is 5.69 Å². The fraction of sp³-hybridized carbons (Fsp3) is 0.333. The van der Waals surface area contributed by atoms with E-state index < -0.39 is 11.6 Å². The monoisotopic (exact) mass is 252 g/mol. The summed E-state index contributed by atoms with van der Waals surface area (Å²) in [5.74, 6) is -0.276. The van der Waals surface area contributed by atoms with Gasteiger partial charge in [-0.15, -0.1) is 0 Å².